The first-order valence-electron chi connectivity index (χ1n) is 6.33. The average molecular weight is 289 g/mol. The van der Waals surface area contributed by atoms with E-state index in [9.17, 15) is 5.11 Å². The Morgan fingerprint density at radius 1 is 1.15 bits per heavy atom. The van der Waals surface area contributed by atoms with Crippen LogP contribution in [-0.4, -0.2) is 11.7 Å². The van der Waals surface area contributed by atoms with Gasteiger partial charge in [-0.1, -0.05) is 11.6 Å². The first-order chi connectivity index (χ1) is 9.69. The normalized spacial score (nSPS) is 10.9. The van der Waals surface area contributed by atoms with Crippen molar-refractivity contribution in [2.75, 3.05) is 6.61 Å². The summed E-state index contributed by atoms with van der Waals surface area (Å²) in [7, 11) is 0. The largest absolute Gasteiger partial charge is 0.504 e. The molecule has 1 N–H and O–H groups in total. The molecule has 0 atom stereocenters. The maximum absolute atomic E-state index is 10.3. The molecule has 0 aliphatic carbocycles. The maximum atomic E-state index is 10.3. The standard InChI is InChI=1S/C16H13ClO3/c1-2-19-12-7-8-13-14(9-12)20-16(15(13)18)10-3-5-11(17)6-4-10/h3-9,18H,2H2,1H3. The number of benzene rings is 2. The van der Waals surface area contributed by atoms with Gasteiger partial charge in [0.05, 0.1) is 12.0 Å². The van der Waals surface area contributed by atoms with Crippen molar-refractivity contribution in [3.8, 4) is 22.8 Å². The van der Waals surface area contributed by atoms with Crippen LogP contribution < -0.4 is 4.74 Å². The summed E-state index contributed by atoms with van der Waals surface area (Å²) >= 11 is 5.86. The van der Waals surface area contributed by atoms with Gasteiger partial charge in [0.15, 0.2) is 11.5 Å². The molecule has 0 radical (unpaired) electrons. The topological polar surface area (TPSA) is 42.6 Å². The quantitative estimate of drug-likeness (QED) is 0.748. The minimum atomic E-state index is 0.130. The van der Waals surface area contributed by atoms with Crippen molar-refractivity contribution in [3.63, 3.8) is 0 Å². The summed E-state index contributed by atoms with van der Waals surface area (Å²) < 4.78 is 11.2. The second kappa shape index (κ2) is 5.10. The fourth-order valence-corrected chi connectivity index (χ4v) is 2.24. The van der Waals surface area contributed by atoms with Crippen LogP contribution in [0.3, 0.4) is 0 Å². The van der Waals surface area contributed by atoms with Crippen molar-refractivity contribution in [3.05, 3.63) is 47.5 Å². The van der Waals surface area contributed by atoms with Gasteiger partial charge in [-0.15, -0.1) is 0 Å². The lowest BCUT2D eigenvalue weighted by Crippen LogP contribution is -1.89. The Bertz CT molecular complexity index is 744. The second-order valence-electron chi connectivity index (χ2n) is 4.38. The number of halogens is 1. The lowest BCUT2D eigenvalue weighted by Gasteiger charge is -2.00. The van der Waals surface area contributed by atoms with Crippen LogP contribution in [0.2, 0.25) is 5.02 Å². The molecule has 2 aromatic carbocycles. The van der Waals surface area contributed by atoms with Crippen LogP contribution in [0.5, 0.6) is 11.5 Å². The highest BCUT2D eigenvalue weighted by Gasteiger charge is 2.15. The molecule has 0 aliphatic rings. The monoisotopic (exact) mass is 288 g/mol. The van der Waals surface area contributed by atoms with Crippen molar-refractivity contribution in [2.24, 2.45) is 0 Å². The molecule has 4 heteroatoms. The van der Waals surface area contributed by atoms with Crippen molar-refractivity contribution in [2.45, 2.75) is 6.92 Å². The molecular weight excluding hydrogens is 276 g/mol. The summed E-state index contributed by atoms with van der Waals surface area (Å²) in [6.45, 7) is 2.51. The Labute approximate surface area is 121 Å². The number of furan rings is 1. The Morgan fingerprint density at radius 2 is 1.90 bits per heavy atom. The number of hydrogen-bond donors (Lipinski definition) is 1. The van der Waals surface area contributed by atoms with E-state index in [1.165, 1.54) is 0 Å². The van der Waals surface area contributed by atoms with Gasteiger partial charge in [0.1, 0.15) is 11.3 Å². The molecule has 0 amide bonds. The molecule has 3 rings (SSSR count). The third-order valence-corrected chi connectivity index (χ3v) is 3.30. The van der Waals surface area contributed by atoms with Gasteiger partial charge < -0.3 is 14.3 Å². The summed E-state index contributed by atoms with van der Waals surface area (Å²) in [4.78, 5) is 0. The number of aromatic hydroxyl groups is 1. The first-order valence-corrected chi connectivity index (χ1v) is 6.71. The molecule has 1 heterocycles. The molecule has 0 fully saturated rings. The predicted octanol–water partition coefficient (Wildman–Crippen LogP) is 4.86. The molecule has 0 bridgehead atoms. The highest BCUT2D eigenvalue weighted by molar-refractivity contribution is 6.30. The highest BCUT2D eigenvalue weighted by Crippen LogP contribution is 2.40. The zero-order chi connectivity index (χ0) is 14.1. The van der Waals surface area contributed by atoms with E-state index in [1.807, 2.05) is 25.1 Å². The zero-order valence-corrected chi connectivity index (χ0v) is 11.6. The van der Waals surface area contributed by atoms with Crippen LogP contribution in [0.25, 0.3) is 22.3 Å². The van der Waals surface area contributed by atoms with Crippen molar-refractivity contribution in [1.29, 1.82) is 0 Å². The van der Waals surface area contributed by atoms with Gasteiger partial charge in [0.25, 0.3) is 0 Å². The van der Waals surface area contributed by atoms with E-state index in [4.69, 9.17) is 20.8 Å². The summed E-state index contributed by atoms with van der Waals surface area (Å²) in [6.07, 6.45) is 0. The van der Waals surface area contributed by atoms with Gasteiger partial charge in [-0.3, -0.25) is 0 Å². The second-order valence-corrected chi connectivity index (χ2v) is 4.81. The van der Waals surface area contributed by atoms with E-state index < -0.39 is 0 Å². The molecule has 102 valence electrons. The van der Waals surface area contributed by atoms with Crippen molar-refractivity contribution >= 4 is 22.6 Å². The van der Waals surface area contributed by atoms with E-state index in [1.54, 1.807) is 24.3 Å². The maximum Gasteiger partial charge on any atom is 0.177 e. The zero-order valence-electron chi connectivity index (χ0n) is 10.9. The van der Waals surface area contributed by atoms with Gasteiger partial charge in [0.2, 0.25) is 0 Å². The number of rotatable bonds is 3. The van der Waals surface area contributed by atoms with Crippen LogP contribution in [0.15, 0.2) is 46.9 Å². The average Bonchev–Trinajstić information content (AvgIpc) is 2.77. The Kier molecular flexibility index (Phi) is 3.28. The molecule has 3 nitrogen and oxygen atoms in total. The third kappa shape index (κ3) is 2.21. The fraction of sp³-hybridized carbons (Fsp3) is 0.125. The molecule has 3 aromatic rings. The molecule has 1 aromatic heterocycles. The van der Waals surface area contributed by atoms with Crippen molar-refractivity contribution in [1.82, 2.24) is 0 Å². The van der Waals surface area contributed by atoms with Gasteiger partial charge in [0, 0.05) is 16.7 Å². The lowest BCUT2D eigenvalue weighted by atomic mass is 10.1. The summed E-state index contributed by atoms with van der Waals surface area (Å²) in [5.74, 6) is 1.28. The van der Waals surface area contributed by atoms with Gasteiger partial charge in [-0.05, 0) is 43.3 Å². The smallest absolute Gasteiger partial charge is 0.177 e. The Hall–Kier alpha value is -2.13. The van der Waals surface area contributed by atoms with Crippen LogP contribution in [-0.2, 0) is 0 Å². The van der Waals surface area contributed by atoms with Gasteiger partial charge in [-0.25, -0.2) is 0 Å². The third-order valence-electron chi connectivity index (χ3n) is 3.05. The van der Waals surface area contributed by atoms with E-state index in [0.29, 0.717) is 28.4 Å². The molecule has 0 saturated heterocycles. The summed E-state index contributed by atoms with van der Waals surface area (Å²) in [6, 6.07) is 12.5. The Balaban J connectivity index is 2.12. The summed E-state index contributed by atoms with van der Waals surface area (Å²) in [5.41, 5.74) is 1.37. The van der Waals surface area contributed by atoms with Crippen LogP contribution in [0, 0.1) is 0 Å². The van der Waals surface area contributed by atoms with Crippen LogP contribution in [0.4, 0.5) is 0 Å². The van der Waals surface area contributed by atoms with E-state index in [0.717, 1.165) is 11.3 Å². The summed E-state index contributed by atoms with van der Waals surface area (Å²) in [5, 5.41) is 11.6. The minimum absolute atomic E-state index is 0.130. The number of fused-ring (bicyclic) bond motifs is 1. The number of ether oxygens (including phenoxy) is 1. The molecule has 0 aliphatic heterocycles. The van der Waals surface area contributed by atoms with E-state index >= 15 is 0 Å². The first kappa shape index (κ1) is 12.9. The molecule has 0 saturated carbocycles. The van der Waals surface area contributed by atoms with Gasteiger partial charge in [-0.2, -0.15) is 0 Å². The molecule has 0 unspecified atom stereocenters. The lowest BCUT2D eigenvalue weighted by molar-refractivity contribution is 0.340. The molecular formula is C16H13ClO3. The van der Waals surface area contributed by atoms with Crippen LogP contribution in [0.1, 0.15) is 6.92 Å². The minimum Gasteiger partial charge on any atom is -0.504 e. The van der Waals surface area contributed by atoms with E-state index in [-0.39, 0.29) is 5.75 Å². The van der Waals surface area contributed by atoms with Gasteiger partial charge >= 0.3 is 0 Å². The highest BCUT2D eigenvalue weighted by atomic mass is 35.5. The predicted molar refractivity (Wildman–Crippen MR) is 79.5 cm³/mol. The molecule has 20 heavy (non-hydrogen) atoms. The van der Waals surface area contributed by atoms with Crippen LogP contribution >= 0.6 is 11.6 Å². The van der Waals surface area contributed by atoms with E-state index in [2.05, 4.69) is 0 Å². The Morgan fingerprint density at radius 3 is 2.60 bits per heavy atom. The SMILES string of the molecule is CCOc1ccc2c(O)c(-c3ccc(Cl)cc3)oc2c1. The molecule has 0 spiro atoms. The fourth-order valence-electron chi connectivity index (χ4n) is 2.12. The number of hydrogen-bond acceptors (Lipinski definition) is 3. The van der Waals surface area contributed by atoms with Crippen molar-refractivity contribution < 1.29 is 14.3 Å².